The van der Waals surface area contributed by atoms with Crippen molar-refractivity contribution in [1.82, 2.24) is 4.90 Å². The minimum absolute atomic E-state index is 0.323. The standard InChI is InChI=1S/C14H23NO2/c1-11-5-4-6-13(9-11)14(17)7-8-15(3)10-12(2)16/h4-6,9,12,14,16-17H,7-8,10H2,1-3H3. The van der Waals surface area contributed by atoms with Gasteiger partial charge in [0.15, 0.2) is 0 Å². The fraction of sp³-hybridized carbons (Fsp3) is 0.571. The van der Waals surface area contributed by atoms with Crippen LogP contribution in [0.25, 0.3) is 0 Å². The minimum Gasteiger partial charge on any atom is -0.392 e. The summed E-state index contributed by atoms with van der Waals surface area (Å²) in [6.45, 7) is 5.21. The molecule has 0 heterocycles. The zero-order chi connectivity index (χ0) is 12.8. The summed E-state index contributed by atoms with van der Waals surface area (Å²) < 4.78 is 0. The Bertz CT molecular complexity index is 339. The van der Waals surface area contributed by atoms with Crippen molar-refractivity contribution in [2.24, 2.45) is 0 Å². The summed E-state index contributed by atoms with van der Waals surface area (Å²) in [7, 11) is 1.95. The number of rotatable bonds is 6. The first-order valence-corrected chi connectivity index (χ1v) is 6.10. The molecule has 2 N–H and O–H groups in total. The van der Waals surface area contributed by atoms with Gasteiger partial charge in [-0.05, 0) is 32.9 Å². The van der Waals surface area contributed by atoms with Crippen LogP contribution in [0, 0.1) is 6.92 Å². The maximum Gasteiger partial charge on any atom is 0.0802 e. The second-order valence-corrected chi connectivity index (χ2v) is 4.83. The lowest BCUT2D eigenvalue weighted by Gasteiger charge is -2.20. The molecule has 3 nitrogen and oxygen atoms in total. The van der Waals surface area contributed by atoms with E-state index in [1.165, 1.54) is 5.56 Å². The molecule has 1 rings (SSSR count). The van der Waals surface area contributed by atoms with E-state index in [9.17, 15) is 10.2 Å². The molecule has 0 amide bonds. The van der Waals surface area contributed by atoms with E-state index in [4.69, 9.17) is 0 Å². The predicted molar refractivity (Wildman–Crippen MR) is 69.9 cm³/mol. The second kappa shape index (κ2) is 6.74. The van der Waals surface area contributed by atoms with Gasteiger partial charge in [-0.3, -0.25) is 0 Å². The molecule has 0 fully saturated rings. The van der Waals surface area contributed by atoms with E-state index in [1.54, 1.807) is 6.92 Å². The summed E-state index contributed by atoms with van der Waals surface area (Å²) in [5.74, 6) is 0. The molecular formula is C14H23NO2. The topological polar surface area (TPSA) is 43.7 Å². The molecule has 2 unspecified atom stereocenters. The predicted octanol–water partition coefficient (Wildman–Crippen LogP) is 1.73. The van der Waals surface area contributed by atoms with Crippen LogP contribution >= 0.6 is 0 Å². The summed E-state index contributed by atoms with van der Waals surface area (Å²) in [6, 6.07) is 7.95. The first-order valence-electron chi connectivity index (χ1n) is 6.10. The number of hydrogen-bond acceptors (Lipinski definition) is 3. The van der Waals surface area contributed by atoms with Gasteiger partial charge in [-0.2, -0.15) is 0 Å². The van der Waals surface area contributed by atoms with Crippen molar-refractivity contribution in [2.45, 2.75) is 32.5 Å². The van der Waals surface area contributed by atoms with E-state index >= 15 is 0 Å². The van der Waals surface area contributed by atoms with Crippen molar-refractivity contribution < 1.29 is 10.2 Å². The molecule has 0 radical (unpaired) electrons. The fourth-order valence-corrected chi connectivity index (χ4v) is 1.93. The first-order chi connectivity index (χ1) is 7.99. The number of aryl methyl sites for hydroxylation is 1. The number of nitrogens with zero attached hydrogens (tertiary/aromatic N) is 1. The SMILES string of the molecule is Cc1cccc(C(O)CCN(C)CC(C)O)c1. The lowest BCUT2D eigenvalue weighted by Crippen LogP contribution is -2.28. The number of benzene rings is 1. The molecule has 0 aliphatic heterocycles. The van der Waals surface area contributed by atoms with Gasteiger partial charge in [0.25, 0.3) is 0 Å². The van der Waals surface area contributed by atoms with Crippen molar-refractivity contribution in [3.8, 4) is 0 Å². The molecule has 0 saturated carbocycles. The summed E-state index contributed by atoms with van der Waals surface area (Å²) in [5.41, 5.74) is 2.13. The number of likely N-dealkylation sites (N-methyl/N-ethyl adjacent to an activating group) is 1. The van der Waals surface area contributed by atoms with Gasteiger partial charge in [0.05, 0.1) is 12.2 Å². The van der Waals surface area contributed by atoms with Crippen LogP contribution < -0.4 is 0 Å². The van der Waals surface area contributed by atoms with Gasteiger partial charge in [0.2, 0.25) is 0 Å². The molecule has 0 bridgehead atoms. The molecule has 2 atom stereocenters. The Morgan fingerprint density at radius 3 is 2.59 bits per heavy atom. The number of aliphatic hydroxyl groups is 2. The van der Waals surface area contributed by atoms with E-state index in [0.29, 0.717) is 13.0 Å². The molecule has 1 aromatic carbocycles. The van der Waals surface area contributed by atoms with Crippen LogP contribution in [0.2, 0.25) is 0 Å². The number of aliphatic hydroxyl groups excluding tert-OH is 2. The normalized spacial score (nSPS) is 14.9. The Morgan fingerprint density at radius 2 is 2.00 bits per heavy atom. The van der Waals surface area contributed by atoms with E-state index in [0.717, 1.165) is 12.1 Å². The van der Waals surface area contributed by atoms with Crippen LogP contribution in [0.4, 0.5) is 0 Å². The lowest BCUT2D eigenvalue weighted by atomic mass is 10.0. The van der Waals surface area contributed by atoms with Crippen LogP contribution in [0.15, 0.2) is 24.3 Å². The van der Waals surface area contributed by atoms with Crippen LogP contribution in [-0.4, -0.2) is 41.4 Å². The van der Waals surface area contributed by atoms with E-state index in [-0.39, 0.29) is 6.10 Å². The highest BCUT2D eigenvalue weighted by atomic mass is 16.3. The highest BCUT2D eigenvalue weighted by Gasteiger charge is 2.10. The second-order valence-electron chi connectivity index (χ2n) is 4.83. The summed E-state index contributed by atoms with van der Waals surface area (Å²) >= 11 is 0. The van der Waals surface area contributed by atoms with Crippen molar-refractivity contribution in [2.75, 3.05) is 20.1 Å². The van der Waals surface area contributed by atoms with Gasteiger partial charge in [-0.25, -0.2) is 0 Å². The maximum atomic E-state index is 10.0. The van der Waals surface area contributed by atoms with Gasteiger partial charge in [-0.1, -0.05) is 29.8 Å². The average Bonchev–Trinajstić information content (AvgIpc) is 2.25. The summed E-state index contributed by atoms with van der Waals surface area (Å²) in [6.07, 6.45) is -0.0605. The van der Waals surface area contributed by atoms with E-state index in [2.05, 4.69) is 0 Å². The van der Waals surface area contributed by atoms with Crippen molar-refractivity contribution in [3.63, 3.8) is 0 Å². The molecular weight excluding hydrogens is 214 g/mol. The highest BCUT2D eigenvalue weighted by Crippen LogP contribution is 2.17. The quantitative estimate of drug-likeness (QED) is 0.792. The highest BCUT2D eigenvalue weighted by molar-refractivity contribution is 5.23. The lowest BCUT2D eigenvalue weighted by molar-refractivity contribution is 0.116. The Labute approximate surface area is 104 Å². The Morgan fingerprint density at radius 1 is 1.29 bits per heavy atom. The minimum atomic E-state index is -0.425. The van der Waals surface area contributed by atoms with Crippen LogP contribution in [-0.2, 0) is 0 Å². The third kappa shape index (κ3) is 5.31. The maximum absolute atomic E-state index is 10.0. The molecule has 0 aliphatic rings. The third-order valence-electron chi connectivity index (χ3n) is 2.79. The smallest absolute Gasteiger partial charge is 0.0802 e. The molecule has 0 saturated heterocycles. The Hall–Kier alpha value is -0.900. The van der Waals surface area contributed by atoms with E-state index in [1.807, 2.05) is 43.1 Å². The monoisotopic (exact) mass is 237 g/mol. The summed E-state index contributed by atoms with van der Waals surface area (Å²) in [4.78, 5) is 2.03. The molecule has 0 spiro atoms. The summed E-state index contributed by atoms with van der Waals surface area (Å²) in [5, 5.41) is 19.3. The van der Waals surface area contributed by atoms with Crippen LogP contribution in [0.1, 0.15) is 30.6 Å². The zero-order valence-corrected chi connectivity index (χ0v) is 10.9. The molecule has 1 aromatic rings. The average molecular weight is 237 g/mol. The number of hydrogen-bond donors (Lipinski definition) is 2. The van der Waals surface area contributed by atoms with Gasteiger partial charge < -0.3 is 15.1 Å². The van der Waals surface area contributed by atoms with Crippen LogP contribution in [0.5, 0.6) is 0 Å². The zero-order valence-electron chi connectivity index (χ0n) is 10.9. The molecule has 0 aromatic heterocycles. The Kier molecular flexibility index (Phi) is 5.62. The van der Waals surface area contributed by atoms with Crippen molar-refractivity contribution in [1.29, 1.82) is 0 Å². The fourth-order valence-electron chi connectivity index (χ4n) is 1.93. The van der Waals surface area contributed by atoms with Crippen molar-refractivity contribution in [3.05, 3.63) is 35.4 Å². The van der Waals surface area contributed by atoms with Gasteiger partial charge in [0, 0.05) is 13.1 Å². The molecule has 17 heavy (non-hydrogen) atoms. The van der Waals surface area contributed by atoms with Crippen LogP contribution in [0.3, 0.4) is 0 Å². The first kappa shape index (κ1) is 14.2. The van der Waals surface area contributed by atoms with Gasteiger partial charge in [-0.15, -0.1) is 0 Å². The van der Waals surface area contributed by atoms with Gasteiger partial charge >= 0.3 is 0 Å². The van der Waals surface area contributed by atoms with Gasteiger partial charge in [0.1, 0.15) is 0 Å². The van der Waals surface area contributed by atoms with E-state index < -0.39 is 6.10 Å². The largest absolute Gasteiger partial charge is 0.392 e. The molecule has 0 aliphatic carbocycles. The third-order valence-corrected chi connectivity index (χ3v) is 2.79. The molecule has 96 valence electrons. The Balaban J connectivity index is 2.42. The van der Waals surface area contributed by atoms with Crippen molar-refractivity contribution >= 4 is 0 Å². The molecule has 3 heteroatoms.